The van der Waals surface area contributed by atoms with Crippen LogP contribution in [0.15, 0.2) is 49.2 Å². The van der Waals surface area contributed by atoms with Crippen molar-refractivity contribution in [1.82, 2.24) is 15.1 Å². The molecule has 2 aliphatic rings. The lowest BCUT2D eigenvalue weighted by Gasteiger charge is -2.54. The molecule has 2 aliphatic heterocycles. The third-order valence-electron chi connectivity index (χ3n) is 6.93. The molecule has 0 atom stereocenters. The molecule has 2 fully saturated rings. The van der Waals surface area contributed by atoms with Crippen molar-refractivity contribution >= 4 is 28.2 Å². The highest BCUT2D eigenvalue weighted by atomic mass is 16.2. The highest BCUT2D eigenvalue weighted by Crippen LogP contribution is 2.46. The number of aromatic nitrogens is 2. The van der Waals surface area contributed by atoms with Crippen LogP contribution in [0.2, 0.25) is 0 Å². The van der Waals surface area contributed by atoms with Crippen LogP contribution in [0, 0.1) is 18.9 Å². The van der Waals surface area contributed by atoms with E-state index in [1.807, 2.05) is 23.2 Å². The number of rotatable bonds is 3. The predicted molar refractivity (Wildman–Crippen MR) is 123 cm³/mol. The first-order chi connectivity index (χ1) is 15.0. The second-order valence-electron chi connectivity index (χ2n) is 8.76. The number of aromatic amines is 1. The number of aryl methyl sites for hydroxylation is 1. The van der Waals surface area contributed by atoms with E-state index in [1.165, 1.54) is 6.08 Å². The van der Waals surface area contributed by atoms with Crippen molar-refractivity contribution in [3.63, 3.8) is 0 Å². The minimum Gasteiger partial charge on any atom is -0.380 e. The Hall–Kier alpha value is -3.59. The lowest BCUT2D eigenvalue weighted by molar-refractivity contribution is -0.139. The van der Waals surface area contributed by atoms with Crippen LogP contribution in [0.4, 0.5) is 11.4 Å². The molecule has 6 nitrogen and oxygen atoms in total. The Bertz CT molecular complexity index is 1220. The SMILES string of the molecule is [C-]#[N+]c1c(-c2c(C)ccc3[nH]ncc23)cccc1N1CCC2(CC1)CN(C(=O)C=C)C2. The third kappa shape index (κ3) is 3.09. The van der Waals surface area contributed by atoms with Gasteiger partial charge in [0, 0.05) is 42.7 Å². The predicted octanol–water partition coefficient (Wildman–Crippen LogP) is 4.70. The molecule has 0 saturated carbocycles. The zero-order valence-corrected chi connectivity index (χ0v) is 17.7. The fraction of sp³-hybridized carbons (Fsp3) is 0.320. The van der Waals surface area contributed by atoms with Gasteiger partial charge in [0.1, 0.15) is 0 Å². The summed E-state index contributed by atoms with van der Waals surface area (Å²) >= 11 is 0. The number of hydrogen-bond acceptors (Lipinski definition) is 3. The fourth-order valence-corrected chi connectivity index (χ4v) is 5.18. The first-order valence-electron chi connectivity index (χ1n) is 10.6. The molecule has 0 aliphatic carbocycles. The Kier molecular flexibility index (Phi) is 4.55. The van der Waals surface area contributed by atoms with Gasteiger partial charge in [0.2, 0.25) is 11.6 Å². The van der Waals surface area contributed by atoms with E-state index in [0.29, 0.717) is 5.69 Å². The van der Waals surface area contributed by atoms with E-state index < -0.39 is 0 Å². The zero-order valence-electron chi connectivity index (χ0n) is 17.7. The highest BCUT2D eigenvalue weighted by molar-refractivity contribution is 6.02. The lowest BCUT2D eigenvalue weighted by Crippen LogP contribution is -2.61. The number of carbonyl (C=O) groups excluding carboxylic acids is 1. The molecule has 3 aromatic rings. The smallest absolute Gasteiger partial charge is 0.245 e. The lowest BCUT2D eigenvalue weighted by atomic mass is 9.72. The normalized spacial score (nSPS) is 17.4. The van der Waals surface area contributed by atoms with Crippen LogP contribution >= 0.6 is 0 Å². The minimum atomic E-state index is 0.0276. The first-order valence-corrected chi connectivity index (χ1v) is 10.6. The molecule has 1 N–H and O–H groups in total. The zero-order chi connectivity index (χ0) is 21.6. The van der Waals surface area contributed by atoms with Gasteiger partial charge in [-0.1, -0.05) is 24.8 Å². The van der Waals surface area contributed by atoms with Crippen LogP contribution in [0.3, 0.4) is 0 Å². The molecular formula is C25H25N5O. The maximum Gasteiger partial charge on any atom is 0.245 e. The van der Waals surface area contributed by atoms with Crippen LogP contribution < -0.4 is 4.90 Å². The number of benzene rings is 2. The van der Waals surface area contributed by atoms with Crippen LogP contribution in [0.25, 0.3) is 26.9 Å². The summed E-state index contributed by atoms with van der Waals surface area (Å²) in [6, 6.07) is 10.3. The summed E-state index contributed by atoms with van der Waals surface area (Å²) in [6.45, 7) is 17.1. The molecule has 2 aromatic carbocycles. The maximum absolute atomic E-state index is 11.8. The van der Waals surface area contributed by atoms with Crippen LogP contribution in [0.5, 0.6) is 0 Å². The summed E-state index contributed by atoms with van der Waals surface area (Å²) in [5.41, 5.74) is 6.08. The molecule has 2 saturated heterocycles. The molecule has 6 heteroatoms. The number of piperidine rings is 1. The largest absolute Gasteiger partial charge is 0.380 e. The molecule has 156 valence electrons. The van der Waals surface area contributed by atoms with Crippen LogP contribution in [-0.4, -0.2) is 47.2 Å². The second-order valence-corrected chi connectivity index (χ2v) is 8.76. The van der Waals surface area contributed by atoms with Gasteiger partial charge in [0.15, 0.2) is 0 Å². The van der Waals surface area contributed by atoms with Crippen molar-refractivity contribution in [2.45, 2.75) is 19.8 Å². The van der Waals surface area contributed by atoms with E-state index in [1.54, 1.807) is 0 Å². The molecule has 3 heterocycles. The number of nitrogens with zero attached hydrogens (tertiary/aromatic N) is 4. The molecule has 1 aromatic heterocycles. The fourth-order valence-electron chi connectivity index (χ4n) is 5.18. The minimum absolute atomic E-state index is 0.0276. The molecule has 1 amide bonds. The molecule has 5 rings (SSSR count). The van der Waals surface area contributed by atoms with E-state index in [-0.39, 0.29) is 11.3 Å². The Labute approximate surface area is 182 Å². The number of H-pyrrole nitrogens is 1. The molecule has 0 unspecified atom stereocenters. The van der Waals surface area contributed by atoms with Gasteiger partial charge in [-0.05, 0) is 54.7 Å². The Morgan fingerprint density at radius 1 is 1.26 bits per heavy atom. The standard InChI is InChI=1S/C25H25N5O/c1-4-22(31)30-15-25(16-30)10-12-29(13-11-25)21-7-5-6-18(24(21)26-3)23-17(2)8-9-20-19(23)14-27-28-20/h4-9,14H,1,10-13,15-16H2,2H3,(H,27,28). The van der Waals surface area contributed by atoms with Gasteiger partial charge in [0.05, 0.1) is 18.3 Å². The molecule has 1 spiro atoms. The molecule has 0 bridgehead atoms. The number of likely N-dealkylation sites (tertiary alicyclic amines) is 1. The van der Waals surface area contributed by atoms with Gasteiger partial charge in [-0.2, -0.15) is 5.10 Å². The van der Waals surface area contributed by atoms with E-state index in [2.05, 4.69) is 51.6 Å². The van der Waals surface area contributed by atoms with E-state index in [0.717, 1.165) is 72.3 Å². The average Bonchev–Trinajstić information content (AvgIpc) is 3.25. The van der Waals surface area contributed by atoms with Crippen molar-refractivity contribution in [2.24, 2.45) is 5.41 Å². The number of anilines is 1. The number of hydrogen-bond donors (Lipinski definition) is 1. The van der Waals surface area contributed by atoms with Gasteiger partial charge >= 0.3 is 0 Å². The van der Waals surface area contributed by atoms with Gasteiger partial charge in [0.25, 0.3) is 0 Å². The van der Waals surface area contributed by atoms with Gasteiger partial charge in [-0.25, -0.2) is 4.85 Å². The van der Waals surface area contributed by atoms with Crippen molar-refractivity contribution in [1.29, 1.82) is 0 Å². The Balaban J connectivity index is 1.44. The van der Waals surface area contributed by atoms with Crippen molar-refractivity contribution < 1.29 is 4.79 Å². The average molecular weight is 412 g/mol. The van der Waals surface area contributed by atoms with E-state index >= 15 is 0 Å². The number of fused-ring (bicyclic) bond motifs is 1. The Morgan fingerprint density at radius 3 is 2.74 bits per heavy atom. The van der Waals surface area contributed by atoms with E-state index in [9.17, 15) is 4.79 Å². The number of amides is 1. The topological polar surface area (TPSA) is 56.6 Å². The van der Waals surface area contributed by atoms with Crippen molar-refractivity contribution in [3.05, 3.63) is 66.2 Å². The quantitative estimate of drug-likeness (QED) is 0.502. The number of para-hydroxylation sites is 1. The Morgan fingerprint density at radius 2 is 2.03 bits per heavy atom. The van der Waals surface area contributed by atoms with Gasteiger partial charge in [-0.3, -0.25) is 9.89 Å². The molecular weight excluding hydrogens is 386 g/mol. The summed E-state index contributed by atoms with van der Waals surface area (Å²) in [4.78, 5) is 20.0. The number of carbonyl (C=O) groups is 1. The molecule has 31 heavy (non-hydrogen) atoms. The highest BCUT2D eigenvalue weighted by Gasteiger charge is 2.46. The van der Waals surface area contributed by atoms with Crippen molar-refractivity contribution in [2.75, 3.05) is 31.1 Å². The van der Waals surface area contributed by atoms with Crippen molar-refractivity contribution in [3.8, 4) is 11.1 Å². The first kappa shape index (κ1) is 19.4. The third-order valence-corrected chi connectivity index (χ3v) is 6.93. The summed E-state index contributed by atoms with van der Waals surface area (Å²) in [5.74, 6) is 0.0276. The number of nitrogens with one attached hydrogen (secondary N) is 1. The summed E-state index contributed by atoms with van der Waals surface area (Å²) in [5, 5.41) is 8.29. The summed E-state index contributed by atoms with van der Waals surface area (Å²) in [6.07, 6.45) is 5.31. The maximum atomic E-state index is 11.8. The summed E-state index contributed by atoms with van der Waals surface area (Å²) in [7, 11) is 0. The summed E-state index contributed by atoms with van der Waals surface area (Å²) < 4.78 is 0. The second kappa shape index (κ2) is 7.28. The van der Waals surface area contributed by atoms with Crippen LogP contribution in [-0.2, 0) is 4.79 Å². The molecule has 0 radical (unpaired) electrons. The monoisotopic (exact) mass is 411 g/mol. The van der Waals surface area contributed by atoms with Gasteiger partial charge < -0.3 is 9.80 Å². The van der Waals surface area contributed by atoms with E-state index in [4.69, 9.17) is 6.57 Å². The van der Waals surface area contributed by atoms with Gasteiger partial charge in [-0.15, -0.1) is 0 Å². The van der Waals surface area contributed by atoms with Crippen LogP contribution in [0.1, 0.15) is 18.4 Å².